The van der Waals surface area contributed by atoms with Gasteiger partial charge in [0.15, 0.2) is 0 Å². The van der Waals surface area contributed by atoms with Crippen LogP contribution in [0.15, 0.2) is 24.3 Å². The third-order valence-corrected chi connectivity index (χ3v) is 4.05. The Morgan fingerprint density at radius 3 is 2.45 bits per heavy atom. The minimum absolute atomic E-state index is 0.140. The SMILES string of the molecule is COc1ccc(CC(=O)NCC2(C(=O)O)CCOCC2)cc1. The van der Waals surface area contributed by atoms with E-state index in [1.54, 1.807) is 19.2 Å². The Hall–Kier alpha value is -2.08. The minimum Gasteiger partial charge on any atom is -0.497 e. The van der Waals surface area contributed by atoms with Gasteiger partial charge >= 0.3 is 5.97 Å². The Balaban J connectivity index is 1.89. The van der Waals surface area contributed by atoms with Gasteiger partial charge in [0.1, 0.15) is 5.75 Å². The van der Waals surface area contributed by atoms with Crippen LogP contribution < -0.4 is 10.1 Å². The molecule has 0 aliphatic carbocycles. The van der Waals surface area contributed by atoms with Crippen LogP contribution in [-0.4, -0.2) is 43.9 Å². The molecule has 120 valence electrons. The maximum Gasteiger partial charge on any atom is 0.311 e. The molecule has 6 heteroatoms. The number of nitrogens with one attached hydrogen (secondary N) is 1. The molecule has 1 aliphatic rings. The number of rotatable bonds is 6. The highest BCUT2D eigenvalue weighted by Gasteiger charge is 2.40. The molecule has 1 fully saturated rings. The fraction of sp³-hybridized carbons (Fsp3) is 0.500. The Morgan fingerprint density at radius 2 is 1.91 bits per heavy atom. The molecule has 1 aromatic rings. The highest BCUT2D eigenvalue weighted by molar-refractivity contribution is 5.80. The van der Waals surface area contributed by atoms with Crippen LogP contribution in [0.25, 0.3) is 0 Å². The molecule has 1 aliphatic heterocycles. The van der Waals surface area contributed by atoms with Crippen molar-refractivity contribution in [2.24, 2.45) is 5.41 Å². The summed E-state index contributed by atoms with van der Waals surface area (Å²) in [4.78, 5) is 23.5. The average molecular weight is 307 g/mol. The lowest BCUT2D eigenvalue weighted by Gasteiger charge is -2.33. The number of hydrogen-bond acceptors (Lipinski definition) is 4. The summed E-state index contributed by atoms with van der Waals surface area (Å²) in [6.07, 6.45) is 1.06. The molecule has 1 heterocycles. The van der Waals surface area contributed by atoms with E-state index in [-0.39, 0.29) is 18.9 Å². The monoisotopic (exact) mass is 307 g/mol. The minimum atomic E-state index is -0.909. The first-order valence-electron chi connectivity index (χ1n) is 7.26. The topological polar surface area (TPSA) is 84.9 Å². The zero-order chi connectivity index (χ0) is 16.0. The predicted molar refractivity (Wildman–Crippen MR) is 79.8 cm³/mol. The first kappa shape index (κ1) is 16.3. The van der Waals surface area contributed by atoms with Crippen molar-refractivity contribution in [3.63, 3.8) is 0 Å². The summed E-state index contributed by atoms with van der Waals surface area (Å²) >= 11 is 0. The molecule has 2 rings (SSSR count). The summed E-state index contributed by atoms with van der Waals surface area (Å²) in [7, 11) is 1.58. The molecule has 1 aromatic carbocycles. The maximum absolute atomic E-state index is 12.0. The average Bonchev–Trinajstić information content (AvgIpc) is 2.54. The molecule has 0 saturated carbocycles. The summed E-state index contributed by atoms with van der Waals surface area (Å²) in [6.45, 7) is 0.974. The number of benzene rings is 1. The van der Waals surface area contributed by atoms with E-state index < -0.39 is 11.4 Å². The molecule has 0 radical (unpaired) electrons. The maximum atomic E-state index is 12.0. The van der Waals surface area contributed by atoms with Gasteiger partial charge in [-0.15, -0.1) is 0 Å². The van der Waals surface area contributed by atoms with Crippen molar-refractivity contribution < 1.29 is 24.2 Å². The van der Waals surface area contributed by atoms with E-state index in [0.717, 1.165) is 11.3 Å². The molecule has 0 atom stereocenters. The van der Waals surface area contributed by atoms with E-state index in [1.165, 1.54) is 0 Å². The lowest BCUT2D eigenvalue weighted by Crippen LogP contribution is -2.46. The zero-order valence-corrected chi connectivity index (χ0v) is 12.6. The van der Waals surface area contributed by atoms with Crippen molar-refractivity contribution >= 4 is 11.9 Å². The van der Waals surface area contributed by atoms with Crippen molar-refractivity contribution in [2.75, 3.05) is 26.9 Å². The Kier molecular flexibility index (Phi) is 5.38. The molecule has 0 spiro atoms. The molecule has 2 N–H and O–H groups in total. The zero-order valence-electron chi connectivity index (χ0n) is 12.6. The van der Waals surface area contributed by atoms with E-state index in [1.807, 2.05) is 12.1 Å². The first-order chi connectivity index (χ1) is 10.6. The molecule has 22 heavy (non-hydrogen) atoms. The van der Waals surface area contributed by atoms with E-state index in [4.69, 9.17) is 9.47 Å². The third kappa shape index (κ3) is 3.98. The Morgan fingerprint density at radius 1 is 1.27 bits per heavy atom. The number of ether oxygens (including phenoxy) is 2. The van der Waals surface area contributed by atoms with Crippen LogP contribution in [0.5, 0.6) is 5.75 Å². The van der Waals surface area contributed by atoms with Crippen molar-refractivity contribution in [1.82, 2.24) is 5.32 Å². The van der Waals surface area contributed by atoms with Crippen molar-refractivity contribution in [1.29, 1.82) is 0 Å². The molecule has 0 unspecified atom stereocenters. The van der Waals surface area contributed by atoms with Gasteiger partial charge in [0.2, 0.25) is 5.91 Å². The van der Waals surface area contributed by atoms with Crippen LogP contribution >= 0.6 is 0 Å². The van der Waals surface area contributed by atoms with Crippen LogP contribution in [0, 0.1) is 5.41 Å². The fourth-order valence-electron chi connectivity index (χ4n) is 2.49. The first-order valence-corrected chi connectivity index (χ1v) is 7.26. The van der Waals surface area contributed by atoms with Crippen molar-refractivity contribution in [2.45, 2.75) is 19.3 Å². The number of carbonyl (C=O) groups excluding carboxylic acids is 1. The normalized spacial score (nSPS) is 16.8. The summed E-state index contributed by atoms with van der Waals surface area (Å²) in [5, 5.41) is 12.2. The molecule has 1 saturated heterocycles. The van der Waals surface area contributed by atoms with Crippen molar-refractivity contribution in [3.8, 4) is 5.75 Å². The largest absolute Gasteiger partial charge is 0.497 e. The summed E-state index contributed by atoms with van der Waals surface area (Å²) in [6, 6.07) is 7.22. The predicted octanol–water partition coefficient (Wildman–Crippen LogP) is 1.24. The molecule has 0 aromatic heterocycles. The lowest BCUT2D eigenvalue weighted by atomic mass is 9.80. The summed E-state index contributed by atoms with van der Waals surface area (Å²) in [5.74, 6) is -0.325. The summed E-state index contributed by atoms with van der Waals surface area (Å²) < 4.78 is 10.3. The number of hydrogen-bond donors (Lipinski definition) is 2. The third-order valence-electron chi connectivity index (χ3n) is 4.05. The number of methoxy groups -OCH3 is 1. The van der Waals surface area contributed by atoms with Crippen LogP contribution in [0.1, 0.15) is 18.4 Å². The van der Waals surface area contributed by atoms with Gasteiger partial charge in [0, 0.05) is 19.8 Å². The number of carboxylic acids is 1. The lowest BCUT2D eigenvalue weighted by molar-refractivity contribution is -0.154. The standard InChI is InChI=1S/C16H21NO5/c1-21-13-4-2-12(3-5-13)10-14(18)17-11-16(15(19)20)6-8-22-9-7-16/h2-5H,6-11H2,1H3,(H,17,18)(H,19,20). The second-order valence-corrected chi connectivity index (χ2v) is 5.50. The van der Waals surface area contributed by atoms with Gasteiger partial charge in [0.25, 0.3) is 0 Å². The van der Waals surface area contributed by atoms with Gasteiger partial charge in [-0.3, -0.25) is 9.59 Å². The van der Waals surface area contributed by atoms with Crippen LogP contribution in [0.3, 0.4) is 0 Å². The fourth-order valence-corrected chi connectivity index (χ4v) is 2.49. The van der Waals surface area contributed by atoms with E-state index >= 15 is 0 Å². The Labute approximate surface area is 129 Å². The van der Waals surface area contributed by atoms with Gasteiger partial charge in [-0.1, -0.05) is 12.1 Å². The van der Waals surface area contributed by atoms with Gasteiger partial charge in [-0.2, -0.15) is 0 Å². The van der Waals surface area contributed by atoms with Crippen molar-refractivity contribution in [3.05, 3.63) is 29.8 Å². The number of carboxylic acid groups (broad SMARTS) is 1. The van der Waals surface area contributed by atoms with Gasteiger partial charge in [-0.25, -0.2) is 0 Å². The van der Waals surface area contributed by atoms with Crippen LogP contribution in [-0.2, 0) is 20.7 Å². The van der Waals surface area contributed by atoms with Crippen LogP contribution in [0.4, 0.5) is 0 Å². The highest BCUT2D eigenvalue weighted by Crippen LogP contribution is 2.30. The smallest absolute Gasteiger partial charge is 0.311 e. The van der Waals surface area contributed by atoms with E-state index in [0.29, 0.717) is 26.1 Å². The number of carbonyl (C=O) groups is 2. The van der Waals surface area contributed by atoms with Gasteiger partial charge in [0.05, 0.1) is 18.9 Å². The molecule has 1 amide bonds. The molecule has 0 bridgehead atoms. The van der Waals surface area contributed by atoms with E-state index in [2.05, 4.69) is 5.32 Å². The van der Waals surface area contributed by atoms with Gasteiger partial charge < -0.3 is 19.9 Å². The Bertz CT molecular complexity index is 520. The quantitative estimate of drug-likeness (QED) is 0.826. The number of amides is 1. The second kappa shape index (κ2) is 7.26. The van der Waals surface area contributed by atoms with Crippen LogP contribution in [0.2, 0.25) is 0 Å². The molecular weight excluding hydrogens is 286 g/mol. The highest BCUT2D eigenvalue weighted by atomic mass is 16.5. The molecule has 6 nitrogen and oxygen atoms in total. The molecular formula is C16H21NO5. The van der Waals surface area contributed by atoms with E-state index in [9.17, 15) is 14.7 Å². The summed E-state index contributed by atoms with van der Waals surface area (Å²) in [5.41, 5.74) is -0.0528. The second-order valence-electron chi connectivity index (χ2n) is 5.50. The number of aliphatic carboxylic acids is 1. The van der Waals surface area contributed by atoms with Gasteiger partial charge in [-0.05, 0) is 30.5 Å².